The summed E-state index contributed by atoms with van der Waals surface area (Å²) in [5.41, 5.74) is 2.95. The quantitative estimate of drug-likeness (QED) is 0.410. The van der Waals surface area contributed by atoms with Crippen LogP contribution in [-0.2, 0) is 22.4 Å². The van der Waals surface area contributed by atoms with E-state index in [1.165, 1.54) is 0 Å². The molecular formula is C24H24BrN5O5. The van der Waals surface area contributed by atoms with Gasteiger partial charge in [-0.05, 0) is 45.3 Å². The van der Waals surface area contributed by atoms with E-state index in [1.807, 2.05) is 18.2 Å². The number of morpholine rings is 1. The molecule has 0 bridgehead atoms. The molecular weight excluding hydrogens is 518 g/mol. The van der Waals surface area contributed by atoms with Crippen LogP contribution in [0.1, 0.15) is 21.5 Å². The van der Waals surface area contributed by atoms with Gasteiger partial charge >= 0.3 is 0 Å². The summed E-state index contributed by atoms with van der Waals surface area (Å²) in [6, 6.07) is 8.92. The summed E-state index contributed by atoms with van der Waals surface area (Å²) in [5.74, 6) is -0.0672. The van der Waals surface area contributed by atoms with Crippen LogP contribution >= 0.6 is 15.9 Å². The standard InChI is InChI=1S/C24H24BrN5O5/c25-17-11-16(23(32)26-13-30-4-7-34-8-5-30)12-18-21(17)22(24(33)27-18)29-28-20(31)10-14-1-2-19-15(9-14)3-6-35-19/h1-2,9,11-12,27,33H,3-8,10,13H2,(H,26,32). The number of carbonyl (C=O) groups excluding carboxylic acids is 2. The van der Waals surface area contributed by atoms with Crippen molar-refractivity contribution in [2.45, 2.75) is 12.8 Å². The molecule has 10 nitrogen and oxygen atoms in total. The van der Waals surface area contributed by atoms with Gasteiger partial charge in [-0.3, -0.25) is 14.5 Å². The maximum Gasteiger partial charge on any atom is 0.269 e. The third-order valence-corrected chi connectivity index (χ3v) is 6.63. The summed E-state index contributed by atoms with van der Waals surface area (Å²) in [4.78, 5) is 30.0. The Kier molecular flexibility index (Phi) is 6.80. The number of rotatable bonds is 6. The Morgan fingerprint density at radius 2 is 2.00 bits per heavy atom. The molecule has 0 aliphatic carbocycles. The van der Waals surface area contributed by atoms with E-state index >= 15 is 0 Å². The minimum Gasteiger partial charge on any atom is -0.493 e. The fourth-order valence-electron chi connectivity index (χ4n) is 4.19. The van der Waals surface area contributed by atoms with Crippen molar-refractivity contribution in [2.75, 3.05) is 39.6 Å². The van der Waals surface area contributed by atoms with Crippen molar-refractivity contribution in [3.63, 3.8) is 0 Å². The Labute approximate surface area is 209 Å². The average molecular weight is 542 g/mol. The van der Waals surface area contributed by atoms with Gasteiger partial charge in [0.15, 0.2) is 5.69 Å². The molecule has 2 aromatic carbocycles. The first-order valence-electron chi connectivity index (χ1n) is 11.3. The molecule has 5 rings (SSSR count). The lowest BCUT2D eigenvalue weighted by molar-refractivity contribution is -0.117. The molecule has 0 atom stereocenters. The molecule has 182 valence electrons. The van der Waals surface area contributed by atoms with Crippen LogP contribution in [0.25, 0.3) is 10.9 Å². The predicted octanol–water partition coefficient (Wildman–Crippen LogP) is 3.44. The number of hydrogen-bond acceptors (Lipinski definition) is 7. The molecule has 0 radical (unpaired) electrons. The first-order chi connectivity index (χ1) is 17.0. The molecule has 2 aliphatic rings. The number of halogens is 1. The molecule has 1 saturated heterocycles. The SMILES string of the molecule is O=C(Cc1ccc2c(c1)CCO2)N=Nc1c(O)[nH]c2cc(C(=O)NCN3CCOCC3)cc(Br)c12. The van der Waals surface area contributed by atoms with Crippen molar-refractivity contribution in [3.8, 4) is 11.6 Å². The molecule has 11 heteroatoms. The van der Waals surface area contributed by atoms with E-state index in [4.69, 9.17) is 9.47 Å². The van der Waals surface area contributed by atoms with Crippen LogP contribution in [0.3, 0.4) is 0 Å². The Balaban J connectivity index is 1.29. The molecule has 3 N–H and O–H groups in total. The zero-order valence-corrected chi connectivity index (χ0v) is 20.4. The van der Waals surface area contributed by atoms with Gasteiger partial charge in [-0.25, -0.2) is 0 Å². The van der Waals surface area contributed by atoms with E-state index in [0.29, 0.717) is 47.4 Å². The van der Waals surface area contributed by atoms with Crippen LogP contribution in [-0.4, -0.2) is 66.4 Å². The number of aromatic amines is 1. The highest BCUT2D eigenvalue weighted by Gasteiger charge is 2.19. The Hall–Kier alpha value is -3.28. The van der Waals surface area contributed by atoms with E-state index in [0.717, 1.165) is 36.4 Å². The number of carbonyl (C=O) groups is 2. The lowest BCUT2D eigenvalue weighted by atomic mass is 10.1. The summed E-state index contributed by atoms with van der Waals surface area (Å²) >= 11 is 3.46. The summed E-state index contributed by atoms with van der Waals surface area (Å²) < 4.78 is 11.4. The lowest BCUT2D eigenvalue weighted by Crippen LogP contribution is -2.43. The van der Waals surface area contributed by atoms with Gasteiger partial charge in [0.05, 0.1) is 38.4 Å². The van der Waals surface area contributed by atoms with Gasteiger partial charge in [0.25, 0.3) is 11.8 Å². The number of amides is 2. The number of azo groups is 1. The molecule has 2 aliphatic heterocycles. The second-order valence-electron chi connectivity index (χ2n) is 8.41. The van der Waals surface area contributed by atoms with Crippen LogP contribution < -0.4 is 10.1 Å². The zero-order valence-electron chi connectivity index (χ0n) is 18.8. The molecule has 2 amide bonds. The van der Waals surface area contributed by atoms with Crippen molar-refractivity contribution in [2.24, 2.45) is 10.2 Å². The molecule has 3 aromatic rings. The number of hydrogen-bond donors (Lipinski definition) is 3. The van der Waals surface area contributed by atoms with Gasteiger partial charge in [0.2, 0.25) is 5.88 Å². The molecule has 3 heterocycles. The first kappa shape index (κ1) is 23.5. The van der Waals surface area contributed by atoms with Crippen molar-refractivity contribution >= 4 is 44.3 Å². The second-order valence-corrected chi connectivity index (χ2v) is 9.26. The van der Waals surface area contributed by atoms with Crippen LogP contribution in [0.15, 0.2) is 45.0 Å². The largest absolute Gasteiger partial charge is 0.493 e. The van der Waals surface area contributed by atoms with E-state index in [1.54, 1.807) is 12.1 Å². The summed E-state index contributed by atoms with van der Waals surface area (Å²) in [6.07, 6.45) is 0.915. The first-order valence-corrected chi connectivity index (χ1v) is 12.1. The molecule has 0 unspecified atom stereocenters. The van der Waals surface area contributed by atoms with Gasteiger partial charge in [-0.15, -0.1) is 10.2 Å². The van der Waals surface area contributed by atoms with Crippen molar-refractivity contribution in [1.29, 1.82) is 0 Å². The minimum absolute atomic E-state index is 0.0918. The molecule has 1 aromatic heterocycles. The molecule has 0 spiro atoms. The summed E-state index contributed by atoms with van der Waals surface area (Å²) in [7, 11) is 0. The van der Waals surface area contributed by atoms with Crippen molar-refractivity contribution in [1.82, 2.24) is 15.2 Å². The fourth-order valence-corrected chi connectivity index (χ4v) is 4.84. The minimum atomic E-state index is -0.437. The Morgan fingerprint density at radius 3 is 2.83 bits per heavy atom. The monoisotopic (exact) mass is 541 g/mol. The Morgan fingerprint density at radius 1 is 1.17 bits per heavy atom. The third-order valence-electron chi connectivity index (χ3n) is 6.00. The van der Waals surface area contributed by atoms with E-state index < -0.39 is 5.91 Å². The van der Waals surface area contributed by atoms with Crippen LogP contribution in [0.2, 0.25) is 0 Å². The summed E-state index contributed by atoms with van der Waals surface area (Å²) in [6.45, 7) is 3.91. The normalized spacial score (nSPS) is 15.9. The highest BCUT2D eigenvalue weighted by Crippen LogP contribution is 2.40. The van der Waals surface area contributed by atoms with Crippen LogP contribution in [0.4, 0.5) is 5.69 Å². The van der Waals surface area contributed by atoms with Crippen LogP contribution in [0.5, 0.6) is 11.6 Å². The smallest absolute Gasteiger partial charge is 0.269 e. The number of nitrogens with zero attached hydrogens (tertiary/aromatic N) is 3. The maximum absolute atomic E-state index is 12.7. The molecule has 1 fully saturated rings. The molecule has 35 heavy (non-hydrogen) atoms. The number of nitrogens with one attached hydrogen (secondary N) is 2. The molecule has 0 saturated carbocycles. The van der Waals surface area contributed by atoms with E-state index in [9.17, 15) is 14.7 Å². The van der Waals surface area contributed by atoms with Gasteiger partial charge in [-0.1, -0.05) is 12.1 Å². The van der Waals surface area contributed by atoms with Gasteiger partial charge in [0, 0.05) is 34.9 Å². The number of fused-ring (bicyclic) bond motifs is 2. The fraction of sp³-hybridized carbons (Fsp3) is 0.333. The lowest BCUT2D eigenvalue weighted by Gasteiger charge is -2.26. The number of aromatic nitrogens is 1. The van der Waals surface area contributed by atoms with Gasteiger partial charge < -0.3 is 24.9 Å². The number of aromatic hydroxyl groups is 1. The number of ether oxygens (including phenoxy) is 2. The highest BCUT2D eigenvalue weighted by atomic mass is 79.9. The van der Waals surface area contributed by atoms with Crippen molar-refractivity contribution < 1.29 is 24.2 Å². The van der Waals surface area contributed by atoms with Gasteiger partial charge in [-0.2, -0.15) is 0 Å². The second kappa shape index (κ2) is 10.1. The third kappa shape index (κ3) is 5.21. The highest BCUT2D eigenvalue weighted by molar-refractivity contribution is 9.10. The summed E-state index contributed by atoms with van der Waals surface area (Å²) in [5, 5.41) is 21.6. The predicted molar refractivity (Wildman–Crippen MR) is 131 cm³/mol. The van der Waals surface area contributed by atoms with E-state index in [2.05, 4.69) is 41.4 Å². The van der Waals surface area contributed by atoms with Crippen LogP contribution in [0, 0.1) is 0 Å². The number of benzene rings is 2. The topological polar surface area (TPSA) is 129 Å². The van der Waals surface area contributed by atoms with Gasteiger partial charge in [0.1, 0.15) is 5.75 Å². The maximum atomic E-state index is 12.7. The Bertz CT molecular complexity index is 1320. The average Bonchev–Trinajstić information content (AvgIpc) is 3.45. The zero-order chi connectivity index (χ0) is 24.4. The van der Waals surface area contributed by atoms with E-state index in [-0.39, 0.29) is 23.9 Å². The van der Waals surface area contributed by atoms with Crippen molar-refractivity contribution in [3.05, 3.63) is 51.5 Å². The number of H-pyrrole nitrogens is 1.